The van der Waals surface area contributed by atoms with E-state index in [2.05, 4.69) is 27.8 Å². The highest BCUT2D eigenvalue weighted by Crippen LogP contribution is 2.36. The molecule has 174 valence electrons. The van der Waals surface area contributed by atoms with Gasteiger partial charge in [0, 0.05) is 41.8 Å². The lowest BCUT2D eigenvalue weighted by Crippen LogP contribution is -2.31. The van der Waals surface area contributed by atoms with E-state index in [9.17, 15) is 4.79 Å². The van der Waals surface area contributed by atoms with Crippen molar-refractivity contribution in [2.75, 3.05) is 17.2 Å². The number of amides is 1. The molecule has 3 aromatic heterocycles. The van der Waals surface area contributed by atoms with Crippen LogP contribution in [0.15, 0.2) is 60.2 Å². The molecule has 1 aliphatic carbocycles. The molecule has 5 rings (SSSR count). The second kappa shape index (κ2) is 10.3. The van der Waals surface area contributed by atoms with Crippen molar-refractivity contribution >= 4 is 39.0 Å². The summed E-state index contributed by atoms with van der Waals surface area (Å²) in [6, 6.07) is 13.9. The second-order valence-electron chi connectivity index (χ2n) is 8.76. The van der Waals surface area contributed by atoms with Crippen molar-refractivity contribution in [2.24, 2.45) is 11.7 Å². The van der Waals surface area contributed by atoms with Crippen LogP contribution in [0.4, 0.5) is 11.5 Å². The minimum Gasteiger partial charge on any atom is -0.367 e. The highest BCUT2D eigenvalue weighted by Gasteiger charge is 2.24. The normalized spacial score (nSPS) is 14.9. The van der Waals surface area contributed by atoms with Gasteiger partial charge in [-0.2, -0.15) is 0 Å². The van der Waals surface area contributed by atoms with Gasteiger partial charge in [0.15, 0.2) is 5.82 Å². The van der Waals surface area contributed by atoms with E-state index in [1.165, 1.54) is 16.9 Å². The van der Waals surface area contributed by atoms with Gasteiger partial charge in [0.1, 0.15) is 11.3 Å². The van der Waals surface area contributed by atoms with Crippen LogP contribution in [0.3, 0.4) is 0 Å². The molecule has 3 heterocycles. The fourth-order valence-electron chi connectivity index (χ4n) is 4.40. The Hall–Kier alpha value is -3.36. The average molecular weight is 473 g/mol. The molecule has 0 bridgehead atoms. The monoisotopic (exact) mass is 472 g/mol. The summed E-state index contributed by atoms with van der Waals surface area (Å²) >= 11 is 1.53. The number of fused-ring (bicyclic) bond motifs is 1. The molecule has 1 fully saturated rings. The summed E-state index contributed by atoms with van der Waals surface area (Å²) in [6.45, 7) is 0.568. The van der Waals surface area contributed by atoms with Crippen LogP contribution in [0.25, 0.3) is 21.6 Å². The van der Waals surface area contributed by atoms with Crippen LogP contribution < -0.4 is 16.4 Å². The number of hydrogen-bond acceptors (Lipinski definition) is 7. The van der Waals surface area contributed by atoms with Gasteiger partial charge in [-0.3, -0.25) is 9.78 Å². The smallest absolute Gasteiger partial charge is 0.227 e. The van der Waals surface area contributed by atoms with E-state index in [0.29, 0.717) is 12.4 Å². The molecule has 1 amide bonds. The van der Waals surface area contributed by atoms with E-state index in [1.54, 1.807) is 12.4 Å². The first-order valence-electron chi connectivity index (χ1n) is 11.7. The van der Waals surface area contributed by atoms with Gasteiger partial charge >= 0.3 is 0 Å². The van der Waals surface area contributed by atoms with Gasteiger partial charge in [-0.25, -0.2) is 9.97 Å². The Kier molecular flexibility index (Phi) is 6.78. The number of anilines is 2. The molecule has 4 N–H and O–H groups in total. The van der Waals surface area contributed by atoms with Crippen LogP contribution in [0.2, 0.25) is 0 Å². The summed E-state index contributed by atoms with van der Waals surface area (Å²) in [5, 5.41) is 8.53. The van der Waals surface area contributed by atoms with Gasteiger partial charge in [0.2, 0.25) is 5.91 Å². The third-order valence-electron chi connectivity index (χ3n) is 6.21. The first-order chi connectivity index (χ1) is 16.7. The van der Waals surface area contributed by atoms with Crippen molar-refractivity contribution in [2.45, 2.75) is 38.1 Å². The Morgan fingerprint density at radius 2 is 1.85 bits per heavy atom. The molecule has 34 heavy (non-hydrogen) atoms. The largest absolute Gasteiger partial charge is 0.367 e. The number of rotatable bonds is 8. The lowest BCUT2D eigenvalue weighted by Gasteiger charge is -2.15. The number of carbonyl (C=O) groups is 1. The van der Waals surface area contributed by atoms with Gasteiger partial charge in [-0.15, -0.1) is 11.3 Å². The average Bonchev–Trinajstić information content (AvgIpc) is 3.55. The standard InChI is InChI=1S/C26H28N6OS/c27-20(14-17-6-2-1-3-7-17)15-29-25-23-22(31-24(32-25)18-10-12-28-13-11-18)21(16-34-23)30-26(33)19-8-4-5-9-19/h1-3,6-7,10-13,16,19-20H,4-5,8-9,14-15,27H2,(H,30,33)(H,29,31,32)/t20-/m0/s1. The highest BCUT2D eigenvalue weighted by atomic mass is 32.1. The van der Waals surface area contributed by atoms with Crippen molar-refractivity contribution in [3.8, 4) is 11.4 Å². The van der Waals surface area contributed by atoms with Crippen molar-refractivity contribution in [1.29, 1.82) is 0 Å². The summed E-state index contributed by atoms with van der Waals surface area (Å²) in [7, 11) is 0. The summed E-state index contributed by atoms with van der Waals surface area (Å²) in [5.41, 5.74) is 9.98. The predicted octanol–water partition coefficient (Wildman–Crippen LogP) is 4.86. The summed E-state index contributed by atoms with van der Waals surface area (Å²) < 4.78 is 0.909. The summed E-state index contributed by atoms with van der Waals surface area (Å²) in [4.78, 5) is 26.5. The quantitative estimate of drug-likeness (QED) is 0.338. The molecular formula is C26H28N6OS. The Morgan fingerprint density at radius 1 is 1.09 bits per heavy atom. The third kappa shape index (κ3) is 5.08. The van der Waals surface area contributed by atoms with Crippen LogP contribution in [-0.4, -0.2) is 33.4 Å². The Morgan fingerprint density at radius 3 is 2.62 bits per heavy atom. The molecule has 0 spiro atoms. The third-order valence-corrected chi connectivity index (χ3v) is 7.19. The topological polar surface area (TPSA) is 106 Å². The zero-order valence-electron chi connectivity index (χ0n) is 18.9. The maximum absolute atomic E-state index is 12.8. The first kappa shape index (κ1) is 22.4. The number of nitrogens with one attached hydrogen (secondary N) is 2. The summed E-state index contributed by atoms with van der Waals surface area (Å²) in [6.07, 6.45) is 8.37. The van der Waals surface area contributed by atoms with Crippen molar-refractivity contribution < 1.29 is 4.79 Å². The minimum absolute atomic E-state index is 0.0710. The second-order valence-corrected chi connectivity index (χ2v) is 9.64. The van der Waals surface area contributed by atoms with Gasteiger partial charge in [-0.05, 0) is 37.0 Å². The molecule has 8 heteroatoms. The van der Waals surface area contributed by atoms with Crippen LogP contribution >= 0.6 is 11.3 Å². The van der Waals surface area contributed by atoms with Gasteiger partial charge < -0.3 is 16.4 Å². The van der Waals surface area contributed by atoms with E-state index in [1.807, 2.05) is 35.7 Å². The van der Waals surface area contributed by atoms with E-state index in [4.69, 9.17) is 15.7 Å². The molecule has 1 saturated carbocycles. The van der Waals surface area contributed by atoms with E-state index >= 15 is 0 Å². The van der Waals surface area contributed by atoms with Crippen LogP contribution in [0.1, 0.15) is 31.2 Å². The number of pyridine rings is 1. The van der Waals surface area contributed by atoms with Crippen LogP contribution in [0.5, 0.6) is 0 Å². The van der Waals surface area contributed by atoms with Crippen LogP contribution in [0, 0.1) is 5.92 Å². The lowest BCUT2D eigenvalue weighted by molar-refractivity contribution is -0.119. The molecule has 0 aliphatic heterocycles. The Bertz CT molecular complexity index is 1250. The van der Waals surface area contributed by atoms with Crippen molar-refractivity contribution in [3.63, 3.8) is 0 Å². The zero-order chi connectivity index (χ0) is 23.3. The molecule has 7 nitrogen and oxygen atoms in total. The Labute approximate surface area is 202 Å². The van der Waals surface area contributed by atoms with Crippen molar-refractivity contribution in [1.82, 2.24) is 15.0 Å². The lowest BCUT2D eigenvalue weighted by atomic mass is 10.1. The molecule has 0 unspecified atom stereocenters. The fraction of sp³-hybridized carbons (Fsp3) is 0.308. The van der Waals surface area contributed by atoms with Gasteiger partial charge in [0.25, 0.3) is 0 Å². The minimum atomic E-state index is -0.0710. The van der Waals surface area contributed by atoms with Gasteiger partial charge in [-0.1, -0.05) is 43.2 Å². The van der Waals surface area contributed by atoms with Crippen molar-refractivity contribution in [3.05, 3.63) is 65.8 Å². The number of thiophene rings is 1. The molecular weight excluding hydrogens is 444 g/mol. The SMILES string of the molecule is N[C@H](CNc1nc(-c2ccncc2)nc2c(NC(=O)C3CCCC3)csc12)Cc1ccccc1. The maximum Gasteiger partial charge on any atom is 0.227 e. The fourth-order valence-corrected chi connectivity index (χ4v) is 5.30. The van der Waals surface area contributed by atoms with E-state index in [0.717, 1.165) is 59.4 Å². The molecule has 1 atom stereocenters. The highest BCUT2D eigenvalue weighted by molar-refractivity contribution is 7.18. The first-order valence-corrected chi connectivity index (χ1v) is 12.6. The predicted molar refractivity (Wildman–Crippen MR) is 138 cm³/mol. The van der Waals surface area contributed by atoms with E-state index < -0.39 is 0 Å². The van der Waals surface area contributed by atoms with Gasteiger partial charge in [0.05, 0.1) is 10.4 Å². The number of aromatic nitrogens is 3. The van der Waals surface area contributed by atoms with Crippen LogP contribution in [-0.2, 0) is 11.2 Å². The number of benzene rings is 1. The molecule has 1 aromatic carbocycles. The zero-order valence-corrected chi connectivity index (χ0v) is 19.7. The maximum atomic E-state index is 12.8. The molecule has 1 aliphatic rings. The molecule has 4 aromatic rings. The number of carbonyl (C=O) groups excluding carboxylic acids is 1. The summed E-state index contributed by atoms with van der Waals surface area (Å²) in [5.74, 6) is 1.49. The number of nitrogens with zero attached hydrogens (tertiary/aromatic N) is 3. The molecule has 0 saturated heterocycles. The molecule has 0 radical (unpaired) electrons. The van der Waals surface area contributed by atoms with E-state index in [-0.39, 0.29) is 17.9 Å². The Balaban J connectivity index is 1.42. The number of hydrogen-bond donors (Lipinski definition) is 3. The number of nitrogens with two attached hydrogens (primary N) is 1.